The number of halogens is 1. The first-order chi connectivity index (χ1) is 11.4. The van der Waals surface area contributed by atoms with Crippen molar-refractivity contribution in [3.8, 4) is 0 Å². The van der Waals surface area contributed by atoms with Gasteiger partial charge in [0.05, 0.1) is 0 Å². The van der Waals surface area contributed by atoms with Gasteiger partial charge in [-0.05, 0) is 49.4 Å². The van der Waals surface area contributed by atoms with Gasteiger partial charge < -0.3 is 10.2 Å². The molecule has 0 saturated carbocycles. The van der Waals surface area contributed by atoms with E-state index >= 15 is 0 Å². The number of ketones is 1. The lowest BCUT2D eigenvalue weighted by atomic mass is 10.1. The quantitative estimate of drug-likeness (QED) is 0.844. The first kappa shape index (κ1) is 17.7. The van der Waals surface area contributed by atoms with Crippen molar-refractivity contribution in [2.45, 2.75) is 13.8 Å². The Bertz CT molecular complexity index is 772. The highest BCUT2D eigenvalue weighted by Gasteiger charge is 2.16. The summed E-state index contributed by atoms with van der Waals surface area (Å²) in [7, 11) is 0. The van der Waals surface area contributed by atoms with E-state index in [9.17, 15) is 14.4 Å². The third-order valence-corrected chi connectivity index (χ3v) is 3.61. The van der Waals surface area contributed by atoms with E-state index in [2.05, 4.69) is 5.32 Å². The zero-order valence-corrected chi connectivity index (χ0v) is 14.1. The molecule has 0 aromatic heterocycles. The Morgan fingerprint density at radius 2 is 1.71 bits per heavy atom. The lowest BCUT2D eigenvalue weighted by Gasteiger charge is -2.21. The topological polar surface area (TPSA) is 66.5 Å². The molecule has 6 heteroatoms. The molecule has 5 nitrogen and oxygen atoms in total. The van der Waals surface area contributed by atoms with E-state index in [1.807, 2.05) is 0 Å². The lowest BCUT2D eigenvalue weighted by Crippen LogP contribution is -2.36. The Labute approximate surface area is 145 Å². The second-order valence-corrected chi connectivity index (χ2v) is 5.70. The van der Waals surface area contributed by atoms with E-state index in [4.69, 9.17) is 11.6 Å². The molecule has 0 atom stereocenters. The zero-order valence-electron chi connectivity index (χ0n) is 13.4. The van der Waals surface area contributed by atoms with Crippen molar-refractivity contribution in [2.75, 3.05) is 16.8 Å². The maximum absolute atomic E-state index is 12.2. The van der Waals surface area contributed by atoms with Gasteiger partial charge in [0.25, 0.3) is 0 Å². The van der Waals surface area contributed by atoms with Gasteiger partial charge in [-0.3, -0.25) is 14.4 Å². The fraction of sp³-hybridized carbons (Fsp3) is 0.167. The smallest absolute Gasteiger partial charge is 0.244 e. The second kappa shape index (κ2) is 7.75. The van der Waals surface area contributed by atoms with Gasteiger partial charge in [-0.1, -0.05) is 17.7 Å². The summed E-state index contributed by atoms with van der Waals surface area (Å²) < 4.78 is 0. The number of hydrogen-bond acceptors (Lipinski definition) is 3. The van der Waals surface area contributed by atoms with Crippen LogP contribution in [-0.2, 0) is 9.59 Å². The molecule has 2 rings (SSSR count). The van der Waals surface area contributed by atoms with Gasteiger partial charge in [0.15, 0.2) is 5.78 Å². The molecule has 2 aromatic carbocycles. The zero-order chi connectivity index (χ0) is 17.7. The summed E-state index contributed by atoms with van der Waals surface area (Å²) in [6, 6.07) is 13.3. The largest absolute Gasteiger partial charge is 0.325 e. The van der Waals surface area contributed by atoms with E-state index in [1.54, 1.807) is 48.5 Å². The lowest BCUT2D eigenvalue weighted by molar-refractivity contribution is -0.120. The van der Waals surface area contributed by atoms with Gasteiger partial charge in [-0.2, -0.15) is 0 Å². The number of hydrogen-bond donors (Lipinski definition) is 1. The fourth-order valence-corrected chi connectivity index (χ4v) is 2.35. The minimum atomic E-state index is -0.347. The molecule has 1 N–H and O–H groups in total. The molecular formula is C18H17ClN2O3. The van der Waals surface area contributed by atoms with Crippen LogP contribution in [0.1, 0.15) is 24.2 Å². The van der Waals surface area contributed by atoms with Gasteiger partial charge in [0.2, 0.25) is 11.8 Å². The van der Waals surface area contributed by atoms with E-state index in [1.165, 1.54) is 18.7 Å². The molecule has 124 valence electrons. The summed E-state index contributed by atoms with van der Waals surface area (Å²) in [6.07, 6.45) is 0. The number of carbonyl (C=O) groups is 3. The van der Waals surface area contributed by atoms with Crippen molar-refractivity contribution in [3.05, 3.63) is 59.1 Å². The van der Waals surface area contributed by atoms with Gasteiger partial charge in [0, 0.05) is 28.9 Å². The van der Waals surface area contributed by atoms with Crippen molar-refractivity contribution < 1.29 is 14.4 Å². The molecule has 2 aromatic rings. The molecule has 0 radical (unpaired) electrons. The maximum atomic E-state index is 12.2. The highest BCUT2D eigenvalue weighted by molar-refractivity contribution is 6.31. The van der Waals surface area contributed by atoms with Crippen LogP contribution in [-0.4, -0.2) is 24.1 Å². The summed E-state index contributed by atoms with van der Waals surface area (Å²) in [5.41, 5.74) is 1.67. The molecule has 0 bridgehead atoms. The van der Waals surface area contributed by atoms with Crippen molar-refractivity contribution in [3.63, 3.8) is 0 Å². The minimum absolute atomic E-state index is 0.0448. The van der Waals surface area contributed by atoms with Crippen LogP contribution in [0.25, 0.3) is 0 Å². The van der Waals surface area contributed by atoms with Crippen LogP contribution in [0.15, 0.2) is 48.5 Å². The molecule has 24 heavy (non-hydrogen) atoms. The van der Waals surface area contributed by atoms with Crippen LogP contribution in [0.3, 0.4) is 0 Å². The standard InChI is InChI=1S/C18H17ClN2O3/c1-12(22)14-6-8-16(9-7-14)20-18(24)11-21(13(2)23)17-5-3-4-15(19)10-17/h3-10H,11H2,1-2H3,(H,20,24). The summed E-state index contributed by atoms with van der Waals surface area (Å²) in [5, 5.41) is 3.19. The SMILES string of the molecule is CC(=O)c1ccc(NC(=O)CN(C(C)=O)c2cccc(Cl)c2)cc1. The molecular weight excluding hydrogens is 328 g/mol. The van der Waals surface area contributed by atoms with Crippen molar-refractivity contribution >= 4 is 40.6 Å². The van der Waals surface area contributed by atoms with Gasteiger partial charge in [-0.15, -0.1) is 0 Å². The third-order valence-electron chi connectivity index (χ3n) is 3.38. The van der Waals surface area contributed by atoms with Gasteiger partial charge in [0.1, 0.15) is 6.54 Å². The molecule has 0 unspecified atom stereocenters. The third kappa shape index (κ3) is 4.67. The number of anilines is 2. The van der Waals surface area contributed by atoms with Crippen LogP contribution in [0.4, 0.5) is 11.4 Å². The Balaban J connectivity index is 2.08. The van der Waals surface area contributed by atoms with E-state index in [0.717, 1.165) is 0 Å². The number of carbonyl (C=O) groups excluding carboxylic acids is 3. The normalized spacial score (nSPS) is 10.1. The summed E-state index contributed by atoms with van der Waals surface area (Å²) in [6.45, 7) is 2.73. The fourth-order valence-electron chi connectivity index (χ4n) is 2.16. The average Bonchev–Trinajstić information content (AvgIpc) is 2.52. The molecule has 0 fully saturated rings. The predicted molar refractivity (Wildman–Crippen MR) is 94.6 cm³/mol. The highest BCUT2D eigenvalue weighted by atomic mass is 35.5. The van der Waals surface area contributed by atoms with Gasteiger partial charge in [-0.25, -0.2) is 0 Å². The Kier molecular flexibility index (Phi) is 5.71. The number of benzene rings is 2. The highest BCUT2D eigenvalue weighted by Crippen LogP contribution is 2.20. The monoisotopic (exact) mass is 344 g/mol. The van der Waals surface area contributed by atoms with E-state index in [0.29, 0.717) is 22.0 Å². The molecule has 0 aliphatic rings. The number of nitrogens with zero attached hydrogens (tertiary/aromatic N) is 1. The first-order valence-electron chi connectivity index (χ1n) is 7.31. The average molecular weight is 345 g/mol. The molecule has 0 spiro atoms. The number of amides is 2. The number of nitrogens with one attached hydrogen (secondary N) is 1. The summed E-state index contributed by atoms with van der Waals surface area (Å²) in [5.74, 6) is -0.656. The second-order valence-electron chi connectivity index (χ2n) is 5.27. The van der Waals surface area contributed by atoms with E-state index < -0.39 is 0 Å². The van der Waals surface area contributed by atoms with Crippen molar-refractivity contribution in [1.29, 1.82) is 0 Å². The van der Waals surface area contributed by atoms with Crippen LogP contribution < -0.4 is 10.2 Å². The number of rotatable bonds is 5. The maximum Gasteiger partial charge on any atom is 0.244 e. The van der Waals surface area contributed by atoms with Crippen molar-refractivity contribution in [2.24, 2.45) is 0 Å². The van der Waals surface area contributed by atoms with E-state index in [-0.39, 0.29) is 24.1 Å². The summed E-state index contributed by atoms with van der Waals surface area (Å²) >= 11 is 5.93. The number of Topliss-reactive ketones (excluding diaryl/α,β-unsaturated/α-hetero) is 1. The predicted octanol–water partition coefficient (Wildman–Crippen LogP) is 3.53. The summed E-state index contributed by atoms with van der Waals surface area (Å²) in [4.78, 5) is 36.6. The molecule has 0 aliphatic carbocycles. The van der Waals surface area contributed by atoms with Crippen LogP contribution in [0.5, 0.6) is 0 Å². The van der Waals surface area contributed by atoms with Crippen LogP contribution in [0.2, 0.25) is 5.02 Å². The van der Waals surface area contributed by atoms with Crippen molar-refractivity contribution in [1.82, 2.24) is 0 Å². The van der Waals surface area contributed by atoms with Crippen LogP contribution in [0, 0.1) is 0 Å². The molecule has 0 aliphatic heterocycles. The molecule has 0 heterocycles. The minimum Gasteiger partial charge on any atom is -0.325 e. The molecule has 0 saturated heterocycles. The Morgan fingerprint density at radius 1 is 1.04 bits per heavy atom. The first-order valence-corrected chi connectivity index (χ1v) is 7.69. The van der Waals surface area contributed by atoms with Crippen LogP contribution >= 0.6 is 11.6 Å². The van der Waals surface area contributed by atoms with Gasteiger partial charge >= 0.3 is 0 Å². The molecule has 2 amide bonds. The Morgan fingerprint density at radius 3 is 2.25 bits per heavy atom. The Hall–Kier alpha value is -2.66.